The van der Waals surface area contributed by atoms with Gasteiger partial charge in [0.25, 0.3) is 0 Å². The second-order valence-electron chi connectivity index (χ2n) is 6.77. The molecule has 0 saturated carbocycles. The Labute approximate surface area is 122 Å². The van der Waals surface area contributed by atoms with Crippen LogP contribution < -0.4 is 5.32 Å². The van der Waals surface area contributed by atoms with Gasteiger partial charge in [0.2, 0.25) is 0 Å². The summed E-state index contributed by atoms with van der Waals surface area (Å²) in [6.45, 7) is 9.62. The molecule has 2 rings (SSSR count). The van der Waals surface area contributed by atoms with E-state index < -0.39 is 0 Å². The molecule has 0 radical (unpaired) electrons. The molecule has 1 heterocycles. The zero-order chi connectivity index (χ0) is 14.8. The van der Waals surface area contributed by atoms with E-state index in [1.165, 1.54) is 16.5 Å². The van der Waals surface area contributed by atoms with Gasteiger partial charge in [-0.25, -0.2) is 0 Å². The van der Waals surface area contributed by atoms with Gasteiger partial charge in [-0.1, -0.05) is 12.1 Å². The van der Waals surface area contributed by atoms with Gasteiger partial charge in [0.15, 0.2) is 0 Å². The van der Waals surface area contributed by atoms with E-state index in [0.29, 0.717) is 0 Å². The lowest BCUT2D eigenvalue weighted by atomic mass is 10.1. The molecule has 0 unspecified atom stereocenters. The number of hydrogen-bond acceptors (Lipinski definition) is 2. The van der Waals surface area contributed by atoms with E-state index in [0.717, 1.165) is 19.6 Å². The number of likely N-dealkylation sites (N-methyl/N-ethyl adjacent to an activating group) is 1. The summed E-state index contributed by atoms with van der Waals surface area (Å²) < 4.78 is 2.34. The highest BCUT2D eigenvalue weighted by Gasteiger charge is 2.11. The van der Waals surface area contributed by atoms with Crippen molar-refractivity contribution >= 4 is 10.9 Å². The Kier molecular flexibility index (Phi) is 4.51. The summed E-state index contributed by atoms with van der Waals surface area (Å²) in [5.41, 5.74) is 2.86. The van der Waals surface area contributed by atoms with Crippen LogP contribution in [0.1, 0.15) is 26.3 Å². The Hall–Kier alpha value is -1.32. The third kappa shape index (κ3) is 3.84. The molecule has 20 heavy (non-hydrogen) atoms. The molecule has 0 aliphatic carbocycles. The van der Waals surface area contributed by atoms with Crippen molar-refractivity contribution in [3.63, 3.8) is 0 Å². The van der Waals surface area contributed by atoms with Crippen LogP contribution in [0.5, 0.6) is 0 Å². The van der Waals surface area contributed by atoms with Crippen LogP contribution in [0.4, 0.5) is 0 Å². The standard InChI is InChI=1S/C17H27N3/c1-17(2,3)18-13-14-7-6-8-16-15(14)9-10-20(16)12-11-19(4)5/h6-10,18H,11-13H2,1-5H3. The lowest BCUT2D eigenvalue weighted by molar-refractivity contribution is 0.387. The van der Waals surface area contributed by atoms with Gasteiger partial charge in [0.1, 0.15) is 0 Å². The lowest BCUT2D eigenvalue weighted by Gasteiger charge is -2.21. The summed E-state index contributed by atoms with van der Waals surface area (Å²) in [4.78, 5) is 2.22. The molecule has 0 saturated heterocycles. The second-order valence-corrected chi connectivity index (χ2v) is 6.77. The van der Waals surface area contributed by atoms with Crippen molar-refractivity contribution in [1.82, 2.24) is 14.8 Å². The van der Waals surface area contributed by atoms with Crippen molar-refractivity contribution in [2.45, 2.75) is 39.4 Å². The van der Waals surface area contributed by atoms with Crippen molar-refractivity contribution in [2.75, 3.05) is 20.6 Å². The molecule has 0 fully saturated rings. The van der Waals surface area contributed by atoms with Crippen LogP contribution >= 0.6 is 0 Å². The van der Waals surface area contributed by atoms with Crippen molar-refractivity contribution in [2.24, 2.45) is 0 Å². The predicted molar refractivity (Wildman–Crippen MR) is 87.1 cm³/mol. The molecular formula is C17H27N3. The number of aromatic nitrogens is 1. The van der Waals surface area contributed by atoms with Gasteiger partial charge in [-0.2, -0.15) is 0 Å². The minimum absolute atomic E-state index is 0.148. The summed E-state index contributed by atoms with van der Waals surface area (Å²) in [6, 6.07) is 8.84. The number of nitrogens with zero attached hydrogens (tertiary/aromatic N) is 2. The zero-order valence-electron chi connectivity index (χ0n) is 13.4. The molecule has 0 amide bonds. The molecule has 0 aliphatic rings. The number of rotatable bonds is 5. The number of nitrogens with one attached hydrogen (secondary N) is 1. The highest BCUT2D eigenvalue weighted by Crippen LogP contribution is 2.21. The fourth-order valence-corrected chi connectivity index (χ4v) is 2.30. The Morgan fingerprint density at radius 2 is 1.90 bits per heavy atom. The molecular weight excluding hydrogens is 246 g/mol. The Bertz CT molecular complexity index is 561. The fraction of sp³-hybridized carbons (Fsp3) is 0.529. The normalized spacial score (nSPS) is 12.5. The van der Waals surface area contributed by atoms with Crippen LogP contribution in [0.15, 0.2) is 30.5 Å². The van der Waals surface area contributed by atoms with Gasteiger partial charge < -0.3 is 14.8 Å². The summed E-state index contributed by atoms with van der Waals surface area (Å²) in [6.07, 6.45) is 2.20. The van der Waals surface area contributed by atoms with Crippen LogP contribution in [0, 0.1) is 0 Å². The zero-order valence-corrected chi connectivity index (χ0v) is 13.4. The Morgan fingerprint density at radius 1 is 1.15 bits per heavy atom. The van der Waals surface area contributed by atoms with Crippen LogP contribution in [0.25, 0.3) is 10.9 Å². The van der Waals surface area contributed by atoms with Crippen molar-refractivity contribution in [1.29, 1.82) is 0 Å². The monoisotopic (exact) mass is 273 g/mol. The minimum atomic E-state index is 0.148. The van der Waals surface area contributed by atoms with E-state index in [4.69, 9.17) is 0 Å². The number of benzene rings is 1. The smallest absolute Gasteiger partial charge is 0.0483 e. The first kappa shape index (κ1) is 15.1. The highest BCUT2D eigenvalue weighted by atomic mass is 15.1. The summed E-state index contributed by atoms with van der Waals surface area (Å²) >= 11 is 0. The third-order valence-electron chi connectivity index (χ3n) is 3.50. The van der Waals surface area contributed by atoms with Crippen LogP contribution in [-0.4, -0.2) is 35.6 Å². The first-order chi connectivity index (χ1) is 9.37. The van der Waals surface area contributed by atoms with Crippen LogP contribution in [0.2, 0.25) is 0 Å². The molecule has 3 nitrogen and oxygen atoms in total. The average molecular weight is 273 g/mol. The topological polar surface area (TPSA) is 20.2 Å². The Morgan fingerprint density at radius 3 is 2.55 bits per heavy atom. The fourth-order valence-electron chi connectivity index (χ4n) is 2.30. The van der Waals surface area contributed by atoms with E-state index in [2.05, 4.69) is 80.1 Å². The summed E-state index contributed by atoms with van der Waals surface area (Å²) in [7, 11) is 4.23. The van der Waals surface area contributed by atoms with Gasteiger partial charge in [0.05, 0.1) is 0 Å². The van der Waals surface area contributed by atoms with E-state index in [-0.39, 0.29) is 5.54 Å². The lowest BCUT2D eigenvalue weighted by Crippen LogP contribution is -2.35. The molecule has 1 N–H and O–H groups in total. The molecule has 0 bridgehead atoms. The molecule has 1 aromatic heterocycles. The van der Waals surface area contributed by atoms with Gasteiger partial charge in [-0.15, -0.1) is 0 Å². The average Bonchev–Trinajstić information content (AvgIpc) is 2.76. The molecule has 3 heteroatoms. The number of fused-ring (bicyclic) bond motifs is 1. The molecule has 1 aromatic carbocycles. The second kappa shape index (κ2) is 5.98. The van der Waals surface area contributed by atoms with Crippen LogP contribution in [-0.2, 0) is 13.1 Å². The van der Waals surface area contributed by atoms with Crippen LogP contribution in [0.3, 0.4) is 0 Å². The predicted octanol–water partition coefficient (Wildman–Crippen LogP) is 3.09. The first-order valence-electron chi connectivity index (χ1n) is 7.33. The molecule has 110 valence electrons. The van der Waals surface area contributed by atoms with E-state index in [9.17, 15) is 0 Å². The van der Waals surface area contributed by atoms with Gasteiger partial charge in [-0.05, 0) is 52.6 Å². The SMILES string of the molecule is CN(C)CCn1ccc2c(CNC(C)(C)C)cccc21. The largest absolute Gasteiger partial charge is 0.346 e. The molecule has 0 aliphatic heterocycles. The van der Waals surface area contributed by atoms with Crippen molar-refractivity contribution in [3.8, 4) is 0 Å². The van der Waals surface area contributed by atoms with Crippen molar-refractivity contribution in [3.05, 3.63) is 36.0 Å². The maximum atomic E-state index is 3.57. The van der Waals surface area contributed by atoms with E-state index in [1.54, 1.807) is 0 Å². The van der Waals surface area contributed by atoms with Gasteiger partial charge in [0, 0.05) is 42.3 Å². The molecule has 2 aromatic rings. The molecule has 0 atom stereocenters. The van der Waals surface area contributed by atoms with Gasteiger partial charge >= 0.3 is 0 Å². The maximum Gasteiger partial charge on any atom is 0.0483 e. The minimum Gasteiger partial charge on any atom is -0.346 e. The highest BCUT2D eigenvalue weighted by molar-refractivity contribution is 5.83. The van der Waals surface area contributed by atoms with E-state index >= 15 is 0 Å². The first-order valence-corrected chi connectivity index (χ1v) is 7.33. The Balaban J connectivity index is 2.21. The van der Waals surface area contributed by atoms with Crippen molar-refractivity contribution < 1.29 is 0 Å². The van der Waals surface area contributed by atoms with Gasteiger partial charge in [-0.3, -0.25) is 0 Å². The summed E-state index contributed by atoms with van der Waals surface area (Å²) in [5, 5.41) is 4.94. The van der Waals surface area contributed by atoms with E-state index in [1.807, 2.05) is 0 Å². The number of hydrogen-bond donors (Lipinski definition) is 1. The maximum absolute atomic E-state index is 3.57. The summed E-state index contributed by atoms with van der Waals surface area (Å²) in [5.74, 6) is 0. The molecule has 0 spiro atoms. The quantitative estimate of drug-likeness (QED) is 0.903. The third-order valence-corrected chi connectivity index (χ3v) is 3.50.